The number of rotatable bonds is 4. The highest BCUT2D eigenvalue weighted by Gasteiger charge is 2.10. The molecule has 0 aromatic heterocycles. The molecule has 1 rings (SSSR count). The summed E-state index contributed by atoms with van der Waals surface area (Å²) in [5, 5.41) is 3.08. The van der Waals surface area contributed by atoms with Gasteiger partial charge in [0.25, 0.3) is 0 Å². The first-order valence-corrected chi connectivity index (χ1v) is 5.07. The molecule has 5 heteroatoms. The van der Waals surface area contributed by atoms with Gasteiger partial charge < -0.3 is 14.8 Å². The first-order valence-electron chi connectivity index (χ1n) is 4.28. The van der Waals surface area contributed by atoms with Crippen molar-refractivity contribution >= 4 is 28.3 Å². The molecule has 0 saturated heterocycles. The fraction of sp³-hybridized carbons (Fsp3) is 0.400. The zero-order valence-electron chi connectivity index (χ0n) is 8.96. The van der Waals surface area contributed by atoms with Crippen molar-refractivity contribution in [2.75, 3.05) is 21.3 Å². The fourth-order valence-electron chi connectivity index (χ4n) is 1.33. The standard InChI is InChI=1S/C10H14BrNO2.ClH/c1-12-6-7-4-8(11)5-9(13-2)10(7)14-3;/h4-5,12H,6H2,1-3H3;1H. The average molecular weight is 297 g/mol. The normalized spacial score (nSPS) is 9.33. The largest absolute Gasteiger partial charge is 0.493 e. The Kier molecular flexibility index (Phi) is 6.72. The van der Waals surface area contributed by atoms with Gasteiger partial charge in [-0.15, -0.1) is 12.4 Å². The van der Waals surface area contributed by atoms with Gasteiger partial charge in [0.2, 0.25) is 0 Å². The summed E-state index contributed by atoms with van der Waals surface area (Å²) < 4.78 is 11.5. The molecule has 0 atom stereocenters. The van der Waals surface area contributed by atoms with Gasteiger partial charge in [0.15, 0.2) is 11.5 Å². The fourth-order valence-corrected chi connectivity index (χ4v) is 1.81. The van der Waals surface area contributed by atoms with E-state index in [4.69, 9.17) is 9.47 Å². The molecule has 15 heavy (non-hydrogen) atoms. The van der Waals surface area contributed by atoms with Gasteiger partial charge in [-0.25, -0.2) is 0 Å². The Morgan fingerprint density at radius 3 is 2.40 bits per heavy atom. The summed E-state index contributed by atoms with van der Waals surface area (Å²) in [6.45, 7) is 0.749. The molecule has 0 fully saturated rings. The number of benzene rings is 1. The number of halogens is 2. The molecular weight excluding hydrogens is 281 g/mol. The van der Waals surface area contributed by atoms with Gasteiger partial charge in [-0.05, 0) is 19.2 Å². The maximum absolute atomic E-state index is 5.29. The smallest absolute Gasteiger partial charge is 0.165 e. The van der Waals surface area contributed by atoms with Crippen LogP contribution in [0.2, 0.25) is 0 Å². The summed E-state index contributed by atoms with van der Waals surface area (Å²) in [7, 11) is 5.17. The Labute approximate surface area is 105 Å². The summed E-state index contributed by atoms with van der Waals surface area (Å²) in [4.78, 5) is 0. The van der Waals surface area contributed by atoms with Gasteiger partial charge in [0.05, 0.1) is 14.2 Å². The second-order valence-corrected chi connectivity index (χ2v) is 3.75. The van der Waals surface area contributed by atoms with Crippen LogP contribution in [0.1, 0.15) is 5.56 Å². The monoisotopic (exact) mass is 295 g/mol. The Balaban J connectivity index is 0.00000196. The van der Waals surface area contributed by atoms with E-state index in [1.807, 2.05) is 19.2 Å². The molecule has 0 aliphatic rings. The van der Waals surface area contributed by atoms with Crippen molar-refractivity contribution in [3.05, 3.63) is 22.2 Å². The van der Waals surface area contributed by atoms with Gasteiger partial charge in [0.1, 0.15) is 0 Å². The molecule has 0 aliphatic carbocycles. The van der Waals surface area contributed by atoms with E-state index in [1.54, 1.807) is 14.2 Å². The lowest BCUT2D eigenvalue weighted by Crippen LogP contribution is -2.07. The molecule has 3 nitrogen and oxygen atoms in total. The number of hydrogen-bond donors (Lipinski definition) is 1. The highest BCUT2D eigenvalue weighted by molar-refractivity contribution is 9.10. The quantitative estimate of drug-likeness (QED) is 0.926. The van der Waals surface area contributed by atoms with Crippen molar-refractivity contribution in [3.63, 3.8) is 0 Å². The van der Waals surface area contributed by atoms with Crippen LogP contribution in [0, 0.1) is 0 Å². The molecule has 0 amide bonds. The van der Waals surface area contributed by atoms with Gasteiger partial charge in [-0.2, -0.15) is 0 Å². The van der Waals surface area contributed by atoms with Gasteiger partial charge >= 0.3 is 0 Å². The van der Waals surface area contributed by atoms with Crippen LogP contribution >= 0.6 is 28.3 Å². The molecule has 86 valence electrons. The molecule has 1 aromatic carbocycles. The molecule has 0 bridgehead atoms. The lowest BCUT2D eigenvalue weighted by molar-refractivity contribution is 0.351. The maximum Gasteiger partial charge on any atom is 0.165 e. The van der Waals surface area contributed by atoms with Crippen LogP contribution in [0.4, 0.5) is 0 Å². The highest BCUT2D eigenvalue weighted by Crippen LogP contribution is 2.34. The summed E-state index contributed by atoms with van der Waals surface area (Å²) >= 11 is 3.42. The van der Waals surface area contributed by atoms with Gasteiger partial charge in [0, 0.05) is 16.6 Å². The van der Waals surface area contributed by atoms with Crippen LogP contribution in [-0.4, -0.2) is 21.3 Å². The number of hydrogen-bond acceptors (Lipinski definition) is 3. The highest BCUT2D eigenvalue weighted by atomic mass is 79.9. The van der Waals surface area contributed by atoms with E-state index in [2.05, 4.69) is 21.2 Å². The number of nitrogens with one attached hydrogen (secondary N) is 1. The third-order valence-electron chi connectivity index (χ3n) is 1.89. The van der Waals surface area contributed by atoms with Crippen LogP contribution in [0.5, 0.6) is 11.5 Å². The van der Waals surface area contributed by atoms with Crippen molar-refractivity contribution in [1.29, 1.82) is 0 Å². The SMILES string of the molecule is CNCc1cc(Br)cc(OC)c1OC.Cl. The number of methoxy groups -OCH3 is 2. The second-order valence-electron chi connectivity index (χ2n) is 2.83. The molecule has 1 N–H and O–H groups in total. The van der Waals surface area contributed by atoms with E-state index in [-0.39, 0.29) is 12.4 Å². The van der Waals surface area contributed by atoms with Crippen LogP contribution in [0.25, 0.3) is 0 Å². The van der Waals surface area contributed by atoms with E-state index in [0.717, 1.165) is 28.1 Å². The van der Waals surface area contributed by atoms with Crippen LogP contribution in [0.3, 0.4) is 0 Å². The van der Waals surface area contributed by atoms with Crippen LogP contribution < -0.4 is 14.8 Å². The van der Waals surface area contributed by atoms with Crippen molar-refractivity contribution in [1.82, 2.24) is 5.32 Å². The topological polar surface area (TPSA) is 30.5 Å². The van der Waals surface area contributed by atoms with Gasteiger partial charge in [-0.1, -0.05) is 15.9 Å². The molecule has 0 aliphatic heterocycles. The van der Waals surface area contributed by atoms with Crippen LogP contribution in [-0.2, 0) is 6.54 Å². The van der Waals surface area contributed by atoms with Crippen molar-refractivity contribution in [2.24, 2.45) is 0 Å². The predicted molar refractivity (Wildman–Crippen MR) is 67.3 cm³/mol. The van der Waals surface area contributed by atoms with Crippen molar-refractivity contribution in [2.45, 2.75) is 6.54 Å². The lowest BCUT2D eigenvalue weighted by Gasteiger charge is -2.13. The minimum Gasteiger partial charge on any atom is -0.493 e. The summed E-state index contributed by atoms with van der Waals surface area (Å²) in [6, 6.07) is 3.90. The molecular formula is C10H15BrClNO2. The van der Waals surface area contributed by atoms with E-state index >= 15 is 0 Å². The third kappa shape index (κ3) is 3.55. The minimum atomic E-state index is 0. The summed E-state index contributed by atoms with van der Waals surface area (Å²) in [5.41, 5.74) is 1.07. The molecule has 0 spiro atoms. The van der Waals surface area contributed by atoms with E-state index in [9.17, 15) is 0 Å². The third-order valence-corrected chi connectivity index (χ3v) is 2.35. The Morgan fingerprint density at radius 2 is 1.93 bits per heavy atom. The van der Waals surface area contributed by atoms with Crippen LogP contribution in [0.15, 0.2) is 16.6 Å². The molecule has 0 unspecified atom stereocenters. The Morgan fingerprint density at radius 1 is 1.27 bits per heavy atom. The zero-order chi connectivity index (χ0) is 10.6. The molecule has 0 heterocycles. The number of ether oxygens (including phenoxy) is 2. The van der Waals surface area contributed by atoms with Crippen molar-refractivity contribution in [3.8, 4) is 11.5 Å². The predicted octanol–water partition coefficient (Wildman–Crippen LogP) is 2.61. The van der Waals surface area contributed by atoms with Gasteiger partial charge in [-0.3, -0.25) is 0 Å². The molecule has 0 saturated carbocycles. The summed E-state index contributed by atoms with van der Waals surface area (Å²) in [6.07, 6.45) is 0. The Bertz CT molecular complexity index is 321. The first kappa shape index (κ1) is 14.6. The lowest BCUT2D eigenvalue weighted by atomic mass is 10.2. The second kappa shape index (κ2) is 6.93. The molecule has 0 radical (unpaired) electrons. The van der Waals surface area contributed by atoms with Crippen molar-refractivity contribution < 1.29 is 9.47 Å². The minimum absolute atomic E-state index is 0. The zero-order valence-corrected chi connectivity index (χ0v) is 11.4. The Hall–Kier alpha value is -0.450. The molecule has 1 aromatic rings. The summed E-state index contributed by atoms with van der Waals surface area (Å²) in [5.74, 6) is 1.53. The van der Waals surface area contributed by atoms with E-state index in [0.29, 0.717) is 0 Å². The first-order chi connectivity index (χ1) is 6.72. The van der Waals surface area contributed by atoms with E-state index in [1.165, 1.54) is 0 Å². The average Bonchev–Trinajstić information content (AvgIpc) is 2.17. The maximum atomic E-state index is 5.29. The van der Waals surface area contributed by atoms with E-state index < -0.39 is 0 Å².